The van der Waals surface area contributed by atoms with Gasteiger partial charge in [0, 0.05) is 55.4 Å². The van der Waals surface area contributed by atoms with Crippen LogP contribution in [0.15, 0.2) is 46.2 Å². The number of H-pyrrole nitrogens is 1. The highest BCUT2D eigenvalue weighted by atomic mass is 32.2. The molecule has 4 aromatic rings. The predicted molar refractivity (Wildman–Crippen MR) is 139 cm³/mol. The number of alkyl halides is 3. The number of fused-ring (bicyclic) bond motifs is 1. The third-order valence-corrected chi connectivity index (χ3v) is 8.65. The highest BCUT2D eigenvalue weighted by Gasteiger charge is 2.34. The molecule has 2 N–H and O–H groups in total. The second-order valence-electron chi connectivity index (χ2n) is 9.61. The Morgan fingerprint density at radius 1 is 1.10 bits per heavy atom. The van der Waals surface area contributed by atoms with Crippen molar-refractivity contribution in [2.75, 3.05) is 38.0 Å². The van der Waals surface area contributed by atoms with E-state index >= 15 is 0 Å². The van der Waals surface area contributed by atoms with Gasteiger partial charge in [-0.15, -0.1) is 0 Å². The van der Waals surface area contributed by atoms with E-state index in [9.17, 15) is 21.6 Å². The zero-order valence-electron chi connectivity index (χ0n) is 21.6. The maximum atomic E-state index is 13.4. The summed E-state index contributed by atoms with van der Waals surface area (Å²) >= 11 is 0. The molecule has 3 aromatic heterocycles. The highest BCUT2D eigenvalue weighted by molar-refractivity contribution is 7.89. The Labute approximate surface area is 223 Å². The number of anilines is 1. The first-order chi connectivity index (χ1) is 18.4. The van der Waals surface area contributed by atoms with Crippen molar-refractivity contribution in [3.8, 4) is 11.5 Å². The Morgan fingerprint density at radius 3 is 2.51 bits per heavy atom. The van der Waals surface area contributed by atoms with E-state index < -0.39 is 21.8 Å². The lowest BCUT2D eigenvalue weighted by Crippen LogP contribution is -2.50. The average molecular weight is 564 g/mol. The van der Waals surface area contributed by atoms with Crippen LogP contribution in [0.2, 0.25) is 0 Å². The van der Waals surface area contributed by atoms with E-state index in [1.807, 2.05) is 20.8 Å². The van der Waals surface area contributed by atoms with Crippen molar-refractivity contribution in [2.45, 2.75) is 38.1 Å². The number of aryl methyl sites for hydroxylation is 1. The number of benzene rings is 1. The SMILES string of the molecule is Cc1[nH]nc(-c2ccc(S(=O)(=O)N3CCN(CC(C)Nc4ncnc5c(C(F)(F)F)cccc45)CC3)o2)c1C. The molecule has 1 aromatic carbocycles. The van der Waals surface area contributed by atoms with Crippen molar-refractivity contribution in [3.05, 3.63) is 53.5 Å². The summed E-state index contributed by atoms with van der Waals surface area (Å²) in [5, 5.41) is 10.4. The molecule has 0 aliphatic carbocycles. The smallest absolute Gasteiger partial charge is 0.418 e. The zero-order chi connectivity index (χ0) is 27.9. The first-order valence-corrected chi connectivity index (χ1v) is 13.8. The Morgan fingerprint density at radius 2 is 1.85 bits per heavy atom. The number of halogens is 3. The number of aromatic amines is 1. The van der Waals surface area contributed by atoms with Crippen LogP contribution in [0.4, 0.5) is 19.0 Å². The van der Waals surface area contributed by atoms with Gasteiger partial charge in [0.1, 0.15) is 17.8 Å². The van der Waals surface area contributed by atoms with Gasteiger partial charge in [0.25, 0.3) is 10.0 Å². The van der Waals surface area contributed by atoms with Gasteiger partial charge in [0.15, 0.2) is 5.76 Å². The molecule has 39 heavy (non-hydrogen) atoms. The van der Waals surface area contributed by atoms with Crippen LogP contribution in [-0.4, -0.2) is 76.6 Å². The minimum absolute atomic E-state index is 0.130. The van der Waals surface area contributed by atoms with Gasteiger partial charge in [-0.1, -0.05) is 6.07 Å². The highest BCUT2D eigenvalue weighted by Crippen LogP contribution is 2.35. The quantitative estimate of drug-likeness (QED) is 0.346. The molecule has 0 spiro atoms. The topological polar surface area (TPSA) is 120 Å². The number of hydrogen-bond acceptors (Lipinski definition) is 8. The number of nitrogens with one attached hydrogen (secondary N) is 2. The Hall–Kier alpha value is -3.49. The number of para-hydroxylation sites is 1. The minimum Gasteiger partial charge on any atom is -0.442 e. The lowest BCUT2D eigenvalue weighted by atomic mass is 10.1. The molecule has 10 nitrogen and oxygen atoms in total. The molecule has 0 amide bonds. The molecule has 208 valence electrons. The van der Waals surface area contributed by atoms with Gasteiger partial charge in [-0.25, -0.2) is 18.4 Å². The Bertz CT molecular complexity index is 1590. The third-order valence-electron chi connectivity index (χ3n) is 6.88. The number of piperazine rings is 1. The normalized spacial score (nSPS) is 16.6. The van der Waals surface area contributed by atoms with E-state index in [0.29, 0.717) is 36.9 Å². The molecular weight excluding hydrogens is 535 g/mol. The Kier molecular flexibility index (Phi) is 7.11. The first-order valence-electron chi connectivity index (χ1n) is 12.4. The number of aromatic nitrogens is 4. The van der Waals surface area contributed by atoms with Crippen molar-refractivity contribution in [1.29, 1.82) is 0 Å². The number of sulfonamides is 1. The number of nitrogens with zero attached hydrogens (tertiary/aromatic N) is 5. The molecular formula is C25H28F3N7O3S. The predicted octanol–water partition coefficient (Wildman–Crippen LogP) is 4.06. The van der Waals surface area contributed by atoms with Crippen LogP contribution in [-0.2, 0) is 16.2 Å². The van der Waals surface area contributed by atoms with E-state index in [4.69, 9.17) is 4.42 Å². The lowest BCUT2D eigenvalue weighted by Gasteiger charge is -2.35. The fraction of sp³-hybridized carbons (Fsp3) is 0.400. The maximum absolute atomic E-state index is 13.4. The van der Waals surface area contributed by atoms with Crippen molar-refractivity contribution >= 4 is 26.7 Å². The van der Waals surface area contributed by atoms with E-state index in [1.54, 1.807) is 12.1 Å². The summed E-state index contributed by atoms with van der Waals surface area (Å²) in [6.07, 6.45) is -3.41. The van der Waals surface area contributed by atoms with Gasteiger partial charge >= 0.3 is 6.18 Å². The van der Waals surface area contributed by atoms with Gasteiger partial charge < -0.3 is 9.73 Å². The average Bonchev–Trinajstić information content (AvgIpc) is 3.51. The summed E-state index contributed by atoms with van der Waals surface area (Å²) in [4.78, 5) is 10.1. The van der Waals surface area contributed by atoms with E-state index in [-0.39, 0.29) is 35.1 Å². The van der Waals surface area contributed by atoms with Crippen molar-refractivity contribution in [2.24, 2.45) is 0 Å². The molecule has 1 aliphatic heterocycles. The molecule has 1 saturated heterocycles. The summed E-state index contributed by atoms with van der Waals surface area (Å²) in [6, 6.07) is 6.77. The monoisotopic (exact) mass is 563 g/mol. The number of rotatable bonds is 7. The standard InChI is InChI=1S/C25H28F3N7O3S/c1-15(31-24-18-5-4-6-19(25(26,27)28)23(18)29-14-30-24)13-34-9-11-35(12-10-34)39(36,37)21-8-7-20(38-21)22-16(2)17(3)32-33-22/h4-8,14-15H,9-13H2,1-3H3,(H,32,33)(H,29,30,31). The molecule has 1 fully saturated rings. The first kappa shape index (κ1) is 27.1. The second-order valence-corrected chi connectivity index (χ2v) is 11.5. The Balaban J connectivity index is 1.21. The molecule has 5 rings (SSSR count). The van der Waals surface area contributed by atoms with Crippen molar-refractivity contribution in [3.63, 3.8) is 0 Å². The van der Waals surface area contributed by atoms with Crippen LogP contribution in [0.3, 0.4) is 0 Å². The summed E-state index contributed by atoms with van der Waals surface area (Å²) < 4.78 is 73.7. The van der Waals surface area contributed by atoms with E-state index in [2.05, 4.69) is 30.4 Å². The van der Waals surface area contributed by atoms with Crippen molar-refractivity contribution in [1.82, 2.24) is 29.4 Å². The summed E-state index contributed by atoms with van der Waals surface area (Å²) in [5.74, 6) is 0.698. The molecule has 1 atom stereocenters. The van der Waals surface area contributed by atoms with Crippen LogP contribution in [0.1, 0.15) is 23.7 Å². The molecule has 1 unspecified atom stereocenters. The van der Waals surface area contributed by atoms with Gasteiger partial charge in [0.2, 0.25) is 5.09 Å². The van der Waals surface area contributed by atoms with Crippen molar-refractivity contribution < 1.29 is 26.0 Å². The number of hydrogen-bond donors (Lipinski definition) is 2. The number of furan rings is 1. The van der Waals surface area contributed by atoms with Gasteiger partial charge in [-0.05, 0) is 45.0 Å². The molecule has 4 heterocycles. The molecule has 1 aliphatic rings. The van der Waals surface area contributed by atoms with Crippen LogP contribution in [0, 0.1) is 13.8 Å². The van der Waals surface area contributed by atoms with Gasteiger partial charge in [-0.2, -0.15) is 22.6 Å². The molecule has 14 heteroatoms. The van der Waals surface area contributed by atoms with E-state index in [0.717, 1.165) is 23.7 Å². The van der Waals surface area contributed by atoms with Gasteiger partial charge in [-0.3, -0.25) is 10.00 Å². The van der Waals surface area contributed by atoms with Crippen LogP contribution in [0.25, 0.3) is 22.4 Å². The molecule has 0 saturated carbocycles. The van der Waals surface area contributed by atoms with Crippen LogP contribution < -0.4 is 5.32 Å². The third kappa shape index (κ3) is 5.36. The second kappa shape index (κ2) is 10.2. The fourth-order valence-electron chi connectivity index (χ4n) is 4.69. The zero-order valence-corrected chi connectivity index (χ0v) is 22.4. The van der Waals surface area contributed by atoms with Gasteiger partial charge in [0.05, 0.1) is 11.1 Å². The maximum Gasteiger partial charge on any atom is 0.418 e. The molecule has 0 bridgehead atoms. The van der Waals surface area contributed by atoms with E-state index in [1.165, 1.54) is 16.4 Å². The molecule has 0 radical (unpaired) electrons. The lowest BCUT2D eigenvalue weighted by molar-refractivity contribution is -0.136. The van der Waals surface area contributed by atoms with Crippen LogP contribution in [0.5, 0.6) is 0 Å². The summed E-state index contributed by atoms with van der Waals surface area (Å²) in [5.41, 5.74) is 1.37. The van der Waals surface area contributed by atoms with Crippen LogP contribution >= 0.6 is 0 Å². The fourth-order valence-corrected chi connectivity index (χ4v) is 6.02. The summed E-state index contributed by atoms with van der Waals surface area (Å²) in [6.45, 7) is 7.72. The largest absolute Gasteiger partial charge is 0.442 e. The minimum atomic E-state index is -4.52. The summed E-state index contributed by atoms with van der Waals surface area (Å²) in [7, 11) is -3.82.